The van der Waals surface area contributed by atoms with E-state index < -0.39 is 0 Å². The normalized spacial score (nSPS) is 24.5. The van der Waals surface area contributed by atoms with E-state index in [4.69, 9.17) is 9.97 Å². The lowest BCUT2D eigenvalue weighted by Gasteiger charge is -2.34. The van der Waals surface area contributed by atoms with Gasteiger partial charge in [0.2, 0.25) is 5.91 Å². The maximum absolute atomic E-state index is 12.8. The molecule has 26 heavy (non-hydrogen) atoms. The van der Waals surface area contributed by atoms with E-state index in [2.05, 4.69) is 22.2 Å². The Bertz CT molecular complexity index is 670. The van der Waals surface area contributed by atoms with E-state index in [1.165, 1.54) is 18.4 Å². The number of aromatic nitrogens is 2. The number of fused-ring (bicyclic) bond motifs is 1. The number of nitrogens with zero attached hydrogens (tertiary/aromatic N) is 4. The van der Waals surface area contributed by atoms with Crippen molar-refractivity contribution >= 4 is 11.7 Å². The molecule has 3 aliphatic rings. The summed E-state index contributed by atoms with van der Waals surface area (Å²) in [6.45, 7) is 3.62. The second-order valence-electron chi connectivity index (χ2n) is 8.20. The predicted molar refractivity (Wildman–Crippen MR) is 102 cm³/mol. The molecule has 6 heteroatoms. The first-order valence-corrected chi connectivity index (χ1v) is 10.2. The molecule has 0 bridgehead atoms. The van der Waals surface area contributed by atoms with Gasteiger partial charge in [-0.2, -0.15) is 0 Å². The van der Waals surface area contributed by atoms with E-state index in [-0.39, 0.29) is 11.8 Å². The van der Waals surface area contributed by atoms with Gasteiger partial charge in [0.1, 0.15) is 11.6 Å². The number of carbonyl (C=O) groups is 1. The fourth-order valence-corrected chi connectivity index (χ4v) is 4.79. The Kier molecular flexibility index (Phi) is 5.11. The Morgan fingerprint density at radius 2 is 1.92 bits per heavy atom. The van der Waals surface area contributed by atoms with Crippen molar-refractivity contribution in [3.05, 3.63) is 17.1 Å². The zero-order valence-electron chi connectivity index (χ0n) is 16.1. The number of piperidine rings is 1. The number of hydrogen-bond acceptors (Lipinski definition) is 5. The summed E-state index contributed by atoms with van der Waals surface area (Å²) < 4.78 is 0. The van der Waals surface area contributed by atoms with Gasteiger partial charge in [0, 0.05) is 50.6 Å². The third-order valence-corrected chi connectivity index (χ3v) is 6.31. The molecule has 3 heterocycles. The second kappa shape index (κ2) is 7.51. The summed E-state index contributed by atoms with van der Waals surface area (Å²) in [6, 6.07) is 0. The van der Waals surface area contributed by atoms with Crippen molar-refractivity contribution in [1.29, 1.82) is 0 Å². The Morgan fingerprint density at radius 3 is 2.69 bits per heavy atom. The highest BCUT2D eigenvalue weighted by atomic mass is 16.2. The minimum Gasteiger partial charge on any atom is -0.373 e. The first-order chi connectivity index (χ1) is 12.7. The number of anilines is 1. The highest BCUT2D eigenvalue weighted by Gasteiger charge is 2.32. The zero-order chi connectivity index (χ0) is 18.1. The fourth-order valence-electron chi connectivity index (χ4n) is 4.79. The number of hydrogen-bond donors (Lipinski definition) is 1. The van der Waals surface area contributed by atoms with Gasteiger partial charge in [-0.1, -0.05) is 12.8 Å². The molecule has 0 aromatic carbocycles. The van der Waals surface area contributed by atoms with Crippen LogP contribution in [0.15, 0.2) is 0 Å². The maximum atomic E-state index is 12.8. The maximum Gasteiger partial charge on any atom is 0.225 e. The Morgan fingerprint density at radius 1 is 1.12 bits per heavy atom. The molecule has 1 atom stereocenters. The molecule has 1 saturated carbocycles. The molecule has 1 amide bonds. The van der Waals surface area contributed by atoms with Crippen molar-refractivity contribution in [2.75, 3.05) is 39.0 Å². The van der Waals surface area contributed by atoms with Crippen LogP contribution in [0.2, 0.25) is 0 Å². The number of nitrogens with one attached hydrogen (secondary N) is 1. The molecule has 1 saturated heterocycles. The van der Waals surface area contributed by atoms with Gasteiger partial charge in [0.15, 0.2) is 0 Å². The van der Waals surface area contributed by atoms with E-state index in [0.717, 1.165) is 75.6 Å². The van der Waals surface area contributed by atoms with Gasteiger partial charge in [-0.05, 0) is 39.2 Å². The summed E-state index contributed by atoms with van der Waals surface area (Å²) in [5.74, 6) is 2.81. The average molecular weight is 358 g/mol. The molecule has 0 radical (unpaired) electrons. The number of rotatable bonds is 3. The third-order valence-electron chi connectivity index (χ3n) is 6.31. The first-order valence-electron chi connectivity index (χ1n) is 10.2. The molecule has 6 nitrogen and oxygen atoms in total. The molecular formula is C20H31N5O. The van der Waals surface area contributed by atoms with Crippen LogP contribution in [0.3, 0.4) is 0 Å². The molecular weight excluding hydrogens is 326 g/mol. The van der Waals surface area contributed by atoms with Gasteiger partial charge >= 0.3 is 0 Å². The van der Waals surface area contributed by atoms with Crippen LogP contribution >= 0.6 is 0 Å². The number of likely N-dealkylation sites (N-methyl/N-ethyl adjacent to an activating group) is 1. The fraction of sp³-hybridized carbons (Fsp3) is 0.750. The molecule has 1 aliphatic carbocycles. The summed E-state index contributed by atoms with van der Waals surface area (Å²) in [6.07, 6.45) is 7.70. The lowest BCUT2D eigenvalue weighted by Crippen LogP contribution is -2.42. The van der Waals surface area contributed by atoms with Gasteiger partial charge in [0.25, 0.3) is 0 Å². The Labute approximate surface area is 156 Å². The van der Waals surface area contributed by atoms with Gasteiger partial charge in [-0.25, -0.2) is 9.97 Å². The topological polar surface area (TPSA) is 61.4 Å². The van der Waals surface area contributed by atoms with E-state index in [1.54, 1.807) is 0 Å². The van der Waals surface area contributed by atoms with Crippen LogP contribution in [-0.2, 0) is 17.8 Å². The van der Waals surface area contributed by atoms with Crippen LogP contribution in [0, 0.1) is 5.92 Å². The zero-order valence-corrected chi connectivity index (χ0v) is 16.1. The summed E-state index contributed by atoms with van der Waals surface area (Å²) in [4.78, 5) is 27.1. The number of amides is 1. The average Bonchev–Trinajstić information content (AvgIpc) is 3.21. The number of likely N-dealkylation sites (tertiary alicyclic amines) is 1. The minimum absolute atomic E-state index is 0.263. The van der Waals surface area contributed by atoms with E-state index >= 15 is 0 Å². The molecule has 142 valence electrons. The van der Waals surface area contributed by atoms with Crippen molar-refractivity contribution in [3.63, 3.8) is 0 Å². The molecule has 1 aromatic heterocycles. The van der Waals surface area contributed by atoms with Crippen LogP contribution < -0.4 is 5.32 Å². The van der Waals surface area contributed by atoms with Crippen molar-refractivity contribution in [3.8, 4) is 0 Å². The van der Waals surface area contributed by atoms with Crippen molar-refractivity contribution in [1.82, 2.24) is 19.8 Å². The summed E-state index contributed by atoms with van der Waals surface area (Å²) in [7, 11) is 4.09. The number of carbonyl (C=O) groups excluding carboxylic acids is 1. The lowest BCUT2D eigenvalue weighted by molar-refractivity contribution is -0.136. The molecule has 0 unspecified atom stereocenters. The van der Waals surface area contributed by atoms with Crippen LogP contribution in [0.1, 0.15) is 61.5 Å². The predicted octanol–water partition coefficient (Wildman–Crippen LogP) is 2.40. The first kappa shape index (κ1) is 17.7. The van der Waals surface area contributed by atoms with E-state index in [1.807, 2.05) is 7.05 Å². The van der Waals surface area contributed by atoms with Gasteiger partial charge < -0.3 is 15.1 Å². The van der Waals surface area contributed by atoms with Crippen LogP contribution in [-0.4, -0.2) is 59.4 Å². The Hall–Kier alpha value is -1.69. The molecule has 4 rings (SSSR count). The Balaban J connectivity index is 1.54. The lowest BCUT2D eigenvalue weighted by atomic mass is 9.94. The SMILES string of the molecule is CNc1nc([C@H]2CCCN(C(=O)C3CCCC3)C2)nc2c1CCN(C)C2. The summed E-state index contributed by atoms with van der Waals surface area (Å²) in [5, 5.41) is 3.28. The van der Waals surface area contributed by atoms with Crippen molar-refractivity contribution in [2.45, 2.75) is 57.4 Å². The summed E-state index contributed by atoms with van der Waals surface area (Å²) >= 11 is 0. The molecule has 0 spiro atoms. The highest BCUT2D eigenvalue weighted by Crippen LogP contribution is 2.32. The smallest absolute Gasteiger partial charge is 0.225 e. The van der Waals surface area contributed by atoms with Gasteiger partial charge in [-0.15, -0.1) is 0 Å². The largest absolute Gasteiger partial charge is 0.373 e. The molecule has 1 N–H and O–H groups in total. The minimum atomic E-state index is 0.263. The van der Waals surface area contributed by atoms with Gasteiger partial charge in [0.05, 0.1) is 5.69 Å². The van der Waals surface area contributed by atoms with Crippen LogP contribution in [0.4, 0.5) is 5.82 Å². The van der Waals surface area contributed by atoms with E-state index in [9.17, 15) is 4.79 Å². The quantitative estimate of drug-likeness (QED) is 0.900. The molecule has 1 aromatic rings. The molecule has 2 fully saturated rings. The van der Waals surface area contributed by atoms with Crippen LogP contribution in [0.5, 0.6) is 0 Å². The van der Waals surface area contributed by atoms with Gasteiger partial charge in [-0.3, -0.25) is 4.79 Å². The third kappa shape index (κ3) is 3.43. The van der Waals surface area contributed by atoms with Crippen molar-refractivity contribution < 1.29 is 4.79 Å². The monoisotopic (exact) mass is 357 g/mol. The summed E-state index contributed by atoms with van der Waals surface area (Å²) in [5.41, 5.74) is 2.43. The second-order valence-corrected chi connectivity index (χ2v) is 8.20. The van der Waals surface area contributed by atoms with Crippen LogP contribution in [0.25, 0.3) is 0 Å². The highest BCUT2D eigenvalue weighted by molar-refractivity contribution is 5.79. The van der Waals surface area contributed by atoms with E-state index in [0.29, 0.717) is 5.91 Å². The molecule has 2 aliphatic heterocycles. The van der Waals surface area contributed by atoms with Crippen molar-refractivity contribution in [2.24, 2.45) is 5.92 Å². The standard InChI is InChI=1S/C20H31N5O/c1-21-19-16-9-11-24(2)13-17(16)22-18(23-19)15-8-5-10-25(12-15)20(26)14-6-3-4-7-14/h14-15H,3-13H2,1-2H3,(H,21,22,23)/t15-/m0/s1.